The van der Waals surface area contributed by atoms with Crippen LogP contribution >= 0.6 is 0 Å². The van der Waals surface area contributed by atoms with Crippen LogP contribution in [0.4, 0.5) is 0 Å². The number of ether oxygens (including phenoxy) is 1. The Bertz CT molecular complexity index is 910. The SMILES string of the molecule is COc1c2c(c([C@H]3C[C@H]3c3ccccc3)n1-c1ccccc1)CCCC2. The highest BCUT2D eigenvalue weighted by Crippen LogP contribution is 2.58. The highest BCUT2D eigenvalue weighted by molar-refractivity contribution is 5.55. The van der Waals surface area contributed by atoms with Crippen LogP contribution in [0.2, 0.25) is 0 Å². The Morgan fingerprint density at radius 1 is 0.808 bits per heavy atom. The molecule has 2 aliphatic carbocycles. The molecule has 1 aromatic heterocycles. The lowest BCUT2D eigenvalue weighted by Crippen LogP contribution is -2.04. The van der Waals surface area contributed by atoms with Gasteiger partial charge in [0.25, 0.3) is 0 Å². The zero-order valence-electron chi connectivity index (χ0n) is 15.3. The smallest absolute Gasteiger partial charge is 0.201 e. The predicted molar refractivity (Wildman–Crippen MR) is 106 cm³/mol. The minimum Gasteiger partial charge on any atom is -0.482 e. The third kappa shape index (κ3) is 2.47. The molecule has 1 fully saturated rings. The van der Waals surface area contributed by atoms with Crippen molar-refractivity contribution in [2.75, 3.05) is 7.11 Å². The molecule has 132 valence electrons. The van der Waals surface area contributed by atoms with Crippen molar-refractivity contribution in [3.05, 3.63) is 83.0 Å². The van der Waals surface area contributed by atoms with E-state index in [4.69, 9.17) is 4.74 Å². The topological polar surface area (TPSA) is 14.2 Å². The third-order valence-electron chi connectivity index (χ3n) is 6.06. The van der Waals surface area contributed by atoms with E-state index >= 15 is 0 Å². The van der Waals surface area contributed by atoms with Crippen LogP contribution in [0.1, 0.15) is 53.5 Å². The lowest BCUT2D eigenvalue weighted by Gasteiger charge is -2.14. The van der Waals surface area contributed by atoms with Gasteiger partial charge in [0, 0.05) is 22.9 Å². The molecular formula is C24H25NO. The van der Waals surface area contributed by atoms with Crippen LogP contribution in [0.5, 0.6) is 5.88 Å². The first kappa shape index (κ1) is 15.7. The first-order valence-corrected chi connectivity index (χ1v) is 9.79. The molecule has 1 saturated carbocycles. The monoisotopic (exact) mass is 343 g/mol. The highest BCUT2D eigenvalue weighted by atomic mass is 16.5. The summed E-state index contributed by atoms with van der Waals surface area (Å²) < 4.78 is 8.38. The fourth-order valence-electron chi connectivity index (χ4n) is 4.81. The van der Waals surface area contributed by atoms with Gasteiger partial charge in [-0.25, -0.2) is 0 Å². The molecule has 1 heterocycles. The summed E-state index contributed by atoms with van der Waals surface area (Å²) in [4.78, 5) is 0. The molecule has 0 N–H and O–H groups in total. The zero-order valence-corrected chi connectivity index (χ0v) is 15.3. The predicted octanol–water partition coefficient (Wildman–Crippen LogP) is 5.64. The molecule has 0 radical (unpaired) electrons. The van der Waals surface area contributed by atoms with E-state index in [1.54, 1.807) is 5.56 Å². The van der Waals surface area contributed by atoms with E-state index in [9.17, 15) is 0 Å². The van der Waals surface area contributed by atoms with Crippen molar-refractivity contribution < 1.29 is 4.74 Å². The molecule has 2 aromatic carbocycles. The van der Waals surface area contributed by atoms with Gasteiger partial charge in [0.1, 0.15) is 0 Å². The number of para-hydroxylation sites is 1. The number of fused-ring (bicyclic) bond motifs is 1. The molecule has 2 nitrogen and oxygen atoms in total. The maximum Gasteiger partial charge on any atom is 0.201 e. The first-order valence-electron chi connectivity index (χ1n) is 9.79. The van der Waals surface area contributed by atoms with Crippen LogP contribution in [0.3, 0.4) is 0 Å². The van der Waals surface area contributed by atoms with E-state index in [2.05, 4.69) is 65.2 Å². The van der Waals surface area contributed by atoms with E-state index < -0.39 is 0 Å². The Kier molecular flexibility index (Phi) is 3.85. The summed E-state index contributed by atoms with van der Waals surface area (Å²) in [6.07, 6.45) is 6.16. The number of hydrogen-bond donors (Lipinski definition) is 0. The standard InChI is InChI=1S/C24H25NO/c1-26-24-20-15-9-8-14-19(20)23(25(24)18-12-6-3-7-13-18)22-16-21(22)17-10-4-2-5-11-17/h2-7,10-13,21-22H,8-9,14-16H2,1H3/t21-,22-/m0/s1. The van der Waals surface area contributed by atoms with Gasteiger partial charge in [-0.05, 0) is 61.3 Å². The first-order chi connectivity index (χ1) is 12.9. The minimum absolute atomic E-state index is 0.605. The molecule has 0 unspecified atom stereocenters. The van der Waals surface area contributed by atoms with Crippen LogP contribution in [0.15, 0.2) is 60.7 Å². The largest absolute Gasteiger partial charge is 0.482 e. The van der Waals surface area contributed by atoms with E-state index in [-0.39, 0.29) is 0 Å². The fraction of sp³-hybridized carbons (Fsp3) is 0.333. The lowest BCUT2D eigenvalue weighted by atomic mass is 9.92. The normalized spacial score (nSPS) is 21.3. The molecule has 5 rings (SSSR count). The highest BCUT2D eigenvalue weighted by Gasteiger charge is 2.44. The van der Waals surface area contributed by atoms with Gasteiger partial charge in [-0.3, -0.25) is 4.57 Å². The molecule has 2 aliphatic rings. The van der Waals surface area contributed by atoms with Crippen molar-refractivity contribution >= 4 is 0 Å². The maximum absolute atomic E-state index is 5.96. The van der Waals surface area contributed by atoms with Crippen molar-refractivity contribution in [2.24, 2.45) is 0 Å². The molecule has 26 heavy (non-hydrogen) atoms. The summed E-state index contributed by atoms with van der Waals surface area (Å²) in [6.45, 7) is 0. The Labute approximate surface area is 155 Å². The van der Waals surface area contributed by atoms with Crippen LogP contribution in [-0.4, -0.2) is 11.7 Å². The van der Waals surface area contributed by atoms with Gasteiger partial charge in [-0.1, -0.05) is 48.5 Å². The maximum atomic E-state index is 5.96. The van der Waals surface area contributed by atoms with Crippen LogP contribution in [0, 0.1) is 0 Å². The van der Waals surface area contributed by atoms with E-state index in [0.29, 0.717) is 11.8 Å². The Morgan fingerprint density at radius 3 is 2.15 bits per heavy atom. The van der Waals surface area contributed by atoms with Crippen LogP contribution < -0.4 is 4.74 Å². The van der Waals surface area contributed by atoms with Gasteiger partial charge in [-0.15, -0.1) is 0 Å². The van der Waals surface area contributed by atoms with E-state index in [1.807, 2.05) is 7.11 Å². The third-order valence-corrected chi connectivity index (χ3v) is 6.06. The van der Waals surface area contributed by atoms with Gasteiger partial charge in [0.15, 0.2) is 0 Å². The lowest BCUT2D eigenvalue weighted by molar-refractivity contribution is 0.382. The Morgan fingerprint density at radius 2 is 1.46 bits per heavy atom. The quantitative estimate of drug-likeness (QED) is 0.598. The van der Waals surface area contributed by atoms with Gasteiger partial charge < -0.3 is 4.74 Å². The average Bonchev–Trinajstić information content (AvgIpc) is 3.43. The summed E-state index contributed by atoms with van der Waals surface area (Å²) in [7, 11) is 1.83. The fourth-order valence-corrected chi connectivity index (χ4v) is 4.81. The summed E-state index contributed by atoms with van der Waals surface area (Å²) in [5.41, 5.74) is 7.24. The molecule has 0 aliphatic heterocycles. The van der Waals surface area contributed by atoms with Crippen LogP contribution in [0.25, 0.3) is 5.69 Å². The van der Waals surface area contributed by atoms with E-state index in [1.165, 1.54) is 48.2 Å². The second kappa shape index (κ2) is 6.35. The number of rotatable bonds is 4. The summed E-state index contributed by atoms with van der Waals surface area (Å²) in [6, 6.07) is 21.7. The van der Waals surface area contributed by atoms with Crippen molar-refractivity contribution in [1.82, 2.24) is 4.57 Å². The van der Waals surface area contributed by atoms with Crippen molar-refractivity contribution in [1.29, 1.82) is 0 Å². The molecule has 0 spiro atoms. The number of nitrogens with zero attached hydrogens (tertiary/aromatic N) is 1. The number of hydrogen-bond acceptors (Lipinski definition) is 1. The second-order valence-electron chi connectivity index (χ2n) is 7.59. The molecular weight excluding hydrogens is 318 g/mol. The average molecular weight is 343 g/mol. The van der Waals surface area contributed by atoms with Crippen molar-refractivity contribution in [3.63, 3.8) is 0 Å². The van der Waals surface area contributed by atoms with Gasteiger partial charge in [-0.2, -0.15) is 0 Å². The number of aromatic nitrogens is 1. The Hall–Kier alpha value is -2.48. The zero-order chi connectivity index (χ0) is 17.5. The summed E-state index contributed by atoms with van der Waals surface area (Å²) in [5.74, 6) is 2.32. The van der Waals surface area contributed by atoms with Gasteiger partial charge >= 0.3 is 0 Å². The number of benzene rings is 2. The summed E-state index contributed by atoms with van der Waals surface area (Å²) in [5, 5.41) is 0. The molecule has 0 amide bonds. The van der Waals surface area contributed by atoms with Crippen molar-refractivity contribution in [3.8, 4) is 11.6 Å². The molecule has 0 bridgehead atoms. The van der Waals surface area contributed by atoms with Gasteiger partial charge in [0.05, 0.1) is 7.11 Å². The molecule has 2 atom stereocenters. The molecule has 2 heteroatoms. The van der Waals surface area contributed by atoms with Crippen LogP contribution in [-0.2, 0) is 12.8 Å². The van der Waals surface area contributed by atoms with Crippen molar-refractivity contribution in [2.45, 2.75) is 43.9 Å². The number of methoxy groups -OCH3 is 1. The second-order valence-corrected chi connectivity index (χ2v) is 7.59. The van der Waals surface area contributed by atoms with Gasteiger partial charge in [0.2, 0.25) is 5.88 Å². The molecule has 0 saturated heterocycles. The Balaban J connectivity index is 1.66. The summed E-state index contributed by atoms with van der Waals surface area (Å²) >= 11 is 0. The molecule has 3 aromatic rings. The minimum atomic E-state index is 0.605. The van der Waals surface area contributed by atoms with E-state index in [0.717, 1.165) is 12.3 Å².